The lowest BCUT2D eigenvalue weighted by Crippen LogP contribution is -2.11. The normalized spacial score (nSPS) is 10.2. The van der Waals surface area contributed by atoms with E-state index < -0.39 is 29.0 Å². The number of aromatic hydroxyl groups is 2. The molecule has 1 aromatic carbocycles. The number of benzene rings is 1. The van der Waals surface area contributed by atoms with Crippen LogP contribution < -0.4 is 0 Å². The van der Waals surface area contributed by atoms with Gasteiger partial charge >= 0.3 is 11.9 Å². The highest BCUT2D eigenvalue weighted by Crippen LogP contribution is 2.35. The molecule has 6 nitrogen and oxygen atoms in total. The minimum atomic E-state index is -0.921. The van der Waals surface area contributed by atoms with Crippen molar-refractivity contribution in [3.63, 3.8) is 0 Å². The minimum absolute atomic E-state index is 0.105. The van der Waals surface area contributed by atoms with E-state index in [0.29, 0.717) is 12.0 Å². The lowest BCUT2D eigenvalue weighted by Gasteiger charge is -2.14. The molecule has 0 aliphatic carbocycles. The molecule has 1 aromatic rings. The predicted molar refractivity (Wildman–Crippen MR) is 75.7 cm³/mol. The summed E-state index contributed by atoms with van der Waals surface area (Å²) < 4.78 is 9.13. The number of carbonyl (C=O) groups excluding carboxylic acids is 2. The fourth-order valence-electron chi connectivity index (χ4n) is 2.10. The molecule has 0 aliphatic heterocycles. The summed E-state index contributed by atoms with van der Waals surface area (Å²) in [5.74, 6) is -2.71. The molecule has 2 N–H and O–H groups in total. The second-order valence-electron chi connectivity index (χ2n) is 4.59. The van der Waals surface area contributed by atoms with Crippen molar-refractivity contribution in [2.75, 3.05) is 14.2 Å². The minimum Gasteiger partial charge on any atom is -0.507 e. The van der Waals surface area contributed by atoms with Crippen LogP contribution in [-0.4, -0.2) is 36.4 Å². The van der Waals surface area contributed by atoms with Gasteiger partial charge in [0.25, 0.3) is 0 Å². The third-order valence-corrected chi connectivity index (χ3v) is 3.19. The van der Waals surface area contributed by atoms with E-state index in [-0.39, 0.29) is 5.56 Å². The van der Waals surface area contributed by atoms with Gasteiger partial charge in [-0.2, -0.15) is 0 Å². The van der Waals surface area contributed by atoms with Gasteiger partial charge in [0.1, 0.15) is 22.6 Å². The van der Waals surface area contributed by atoms with Gasteiger partial charge in [0.05, 0.1) is 14.2 Å². The number of aryl methyl sites for hydroxylation is 1. The highest BCUT2D eigenvalue weighted by molar-refractivity contribution is 6.03. The standard InChI is InChI=1S/C15H20O6/c1-4-5-6-7-9-8-10(16)12(15(19)21-3)13(17)11(9)14(18)20-2/h8,16-17H,4-7H2,1-3H3. The van der Waals surface area contributed by atoms with Gasteiger partial charge in [0.15, 0.2) is 0 Å². The summed E-state index contributed by atoms with van der Waals surface area (Å²) in [6.07, 6.45) is 3.21. The Bertz CT molecular complexity index is 535. The average Bonchev–Trinajstić information content (AvgIpc) is 2.46. The Kier molecular flexibility index (Phi) is 6.02. The van der Waals surface area contributed by atoms with Crippen molar-refractivity contribution in [1.82, 2.24) is 0 Å². The Hall–Kier alpha value is -2.24. The molecule has 0 saturated carbocycles. The fraction of sp³-hybridized carbons (Fsp3) is 0.467. The number of phenolic OH excluding ortho intramolecular Hbond substituents is 2. The molecule has 21 heavy (non-hydrogen) atoms. The van der Waals surface area contributed by atoms with E-state index in [1.807, 2.05) is 6.92 Å². The average molecular weight is 296 g/mol. The maximum atomic E-state index is 11.8. The SMILES string of the molecule is CCCCCc1cc(O)c(C(=O)OC)c(O)c1C(=O)OC. The zero-order valence-corrected chi connectivity index (χ0v) is 12.4. The first kappa shape index (κ1) is 16.8. The van der Waals surface area contributed by atoms with Gasteiger partial charge in [-0.25, -0.2) is 9.59 Å². The van der Waals surface area contributed by atoms with Gasteiger partial charge in [-0.1, -0.05) is 19.8 Å². The summed E-state index contributed by atoms with van der Waals surface area (Å²) in [5, 5.41) is 20.0. The van der Waals surface area contributed by atoms with E-state index in [9.17, 15) is 19.8 Å². The molecule has 0 radical (unpaired) electrons. The van der Waals surface area contributed by atoms with Crippen LogP contribution in [0.5, 0.6) is 11.5 Å². The van der Waals surface area contributed by atoms with Crippen LogP contribution in [0, 0.1) is 0 Å². The molecular weight excluding hydrogens is 276 g/mol. The van der Waals surface area contributed by atoms with Crippen LogP contribution in [0.4, 0.5) is 0 Å². The zero-order valence-electron chi connectivity index (χ0n) is 12.4. The van der Waals surface area contributed by atoms with E-state index in [2.05, 4.69) is 9.47 Å². The van der Waals surface area contributed by atoms with Gasteiger partial charge in [0.2, 0.25) is 0 Å². The summed E-state index contributed by atoms with van der Waals surface area (Å²) in [6, 6.07) is 1.30. The Morgan fingerprint density at radius 3 is 2.14 bits per heavy atom. The molecule has 116 valence electrons. The summed E-state index contributed by atoms with van der Waals surface area (Å²) >= 11 is 0. The molecule has 0 fully saturated rings. The van der Waals surface area contributed by atoms with E-state index in [0.717, 1.165) is 26.4 Å². The van der Waals surface area contributed by atoms with Gasteiger partial charge in [-0.05, 0) is 24.5 Å². The van der Waals surface area contributed by atoms with E-state index >= 15 is 0 Å². The number of carbonyl (C=O) groups is 2. The lowest BCUT2D eigenvalue weighted by molar-refractivity contribution is 0.0589. The van der Waals surface area contributed by atoms with Crippen molar-refractivity contribution in [1.29, 1.82) is 0 Å². The first-order valence-electron chi connectivity index (χ1n) is 6.72. The second-order valence-corrected chi connectivity index (χ2v) is 4.59. The summed E-state index contributed by atoms with van der Waals surface area (Å²) in [7, 11) is 2.30. The molecule has 0 saturated heterocycles. The number of ether oxygens (including phenoxy) is 2. The van der Waals surface area contributed by atoms with Gasteiger partial charge in [-0.15, -0.1) is 0 Å². The zero-order chi connectivity index (χ0) is 16.0. The van der Waals surface area contributed by atoms with Gasteiger partial charge in [0, 0.05) is 0 Å². The first-order chi connectivity index (χ1) is 9.97. The van der Waals surface area contributed by atoms with E-state index in [1.54, 1.807) is 0 Å². The van der Waals surface area contributed by atoms with Crippen molar-refractivity contribution in [2.24, 2.45) is 0 Å². The van der Waals surface area contributed by atoms with Crippen molar-refractivity contribution < 1.29 is 29.3 Å². The van der Waals surface area contributed by atoms with E-state index in [1.165, 1.54) is 13.2 Å². The third-order valence-electron chi connectivity index (χ3n) is 3.19. The van der Waals surface area contributed by atoms with Crippen LogP contribution >= 0.6 is 0 Å². The molecule has 0 bridgehead atoms. The maximum Gasteiger partial charge on any atom is 0.345 e. The smallest absolute Gasteiger partial charge is 0.345 e. The molecule has 0 atom stereocenters. The highest BCUT2D eigenvalue weighted by Gasteiger charge is 2.27. The molecule has 0 aromatic heterocycles. The number of hydrogen-bond donors (Lipinski definition) is 2. The maximum absolute atomic E-state index is 11.8. The third kappa shape index (κ3) is 3.65. The fourth-order valence-corrected chi connectivity index (χ4v) is 2.10. The second kappa shape index (κ2) is 7.52. The topological polar surface area (TPSA) is 93.1 Å². The Morgan fingerprint density at radius 2 is 1.62 bits per heavy atom. The summed E-state index contributed by atoms with van der Waals surface area (Å²) in [4.78, 5) is 23.4. The lowest BCUT2D eigenvalue weighted by atomic mass is 9.96. The largest absolute Gasteiger partial charge is 0.507 e. The Morgan fingerprint density at radius 1 is 1.05 bits per heavy atom. The quantitative estimate of drug-likeness (QED) is 0.618. The summed E-state index contributed by atoms with van der Waals surface area (Å²) in [6.45, 7) is 2.04. The molecule has 0 unspecified atom stereocenters. The number of hydrogen-bond acceptors (Lipinski definition) is 6. The number of phenols is 2. The van der Waals surface area contributed by atoms with Gasteiger partial charge in [-0.3, -0.25) is 0 Å². The predicted octanol–water partition coefficient (Wildman–Crippen LogP) is 2.40. The molecule has 6 heteroatoms. The molecule has 0 spiro atoms. The molecule has 0 amide bonds. The van der Waals surface area contributed by atoms with E-state index in [4.69, 9.17) is 0 Å². The highest BCUT2D eigenvalue weighted by atomic mass is 16.5. The monoisotopic (exact) mass is 296 g/mol. The van der Waals surface area contributed by atoms with Gasteiger partial charge < -0.3 is 19.7 Å². The summed E-state index contributed by atoms with van der Waals surface area (Å²) in [5.41, 5.74) is -0.0955. The van der Waals surface area contributed by atoms with Crippen LogP contribution in [0.25, 0.3) is 0 Å². The molecule has 1 rings (SSSR count). The molecule has 0 aliphatic rings. The molecular formula is C15H20O6. The number of esters is 2. The number of rotatable bonds is 6. The molecule has 0 heterocycles. The van der Waals surface area contributed by atoms with Crippen molar-refractivity contribution >= 4 is 11.9 Å². The van der Waals surface area contributed by atoms with Crippen molar-refractivity contribution in [3.05, 3.63) is 22.8 Å². The number of unbranched alkanes of at least 4 members (excludes halogenated alkanes) is 2. The van der Waals surface area contributed by atoms with Crippen LogP contribution in [0.3, 0.4) is 0 Å². The Labute approximate surface area is 123 Å². The van der Waals surface area contributed by atoms with Crippen LogP contribution in [-0.2, 0) is 15.9 Å². The van der Waals surface area contributed by atoms with Crippen molar-refractivity contribution in [3.8, 4) is 11.5 Å². The van der Waals surface area contributed by atoms with Crippen LogP contribution in [0.1, 0.15) is 52.5 Å². The Balaban J connectivity index is 3.37. The van der Waals surface area contributed by atoms with Crippen LogP contribution in [0.15, 0.2) is 6.07 Å². The van der Waals surface area contributed by atoms with Crippen LogP contribution in [0.2, 0.25) is 0 Å². The van der Waals surface area contributed by atoms with Crippen molar-refractivity contribution in [2.45, 2.75) is 32.6 Å². The number of methoxy groups -OCH3 is 2. The first-order valence-corrected chi connectivity index (χ1v) is 6.72.